The molecule has 164 valence electrons. The smallest absolute Gasteiger partial charge is 0.169 e. The third-order valence-electron chi connectivity index (χ3n) is 5.93. The third kappa shape index (κ3) is 4.05. The molecule has 1 aromatic heterocycles. The molecule has 0 aliphatic carbocycles. The number of nitrogens with zero attached hydrogens (tertiary/aromatic N) is 5. The molecule has 0 spiro atoms. The molecule has 7 heteroatoms. The number of hydrogen-bond acceptors (Lipinski definition) is 6. The van der Waals surface area contributed by atoms with Crippen molar-refractivity contribution in [3.05, 3.63) is 108 Å². The molecule has 4 aromatic rings. The minimum atomic E-state index is 0.0378. The normalized spacial score (nSPS) is 18.8. The van der Waals surface area contributed by atoms with Gasteiger partial charge in [-0.2, -0.15) is 0 Å². The van der Waals surface area contributed by atoms with Gasteiger partial charge in [0.15, 0.2) is 5.17 Å². The largest absolute Gasteiger partial charge is 0.373 e. The Labute approximate surface area is 196 Å². The van der Waals surface area contributed by atoms with E-state index in [2.05, 4.69) is 75.9 Å². The van der Waals surface area contributed by atoms with E-state index in [0.29, 0.717) is 19.8 Å². The van der Waals surface area contributed by atoms with E-state index < -0.39 is 0 Å². The topological polar surface area (TPSA) is 55.5 Å². The van der Waals surface area contributed by atoms with E-state index in [-0.39, 0.29) is 12.1 Å². The number of benzene rings is 3. The number of fused-ring (bicyclic) bond motifs is 3. The van der Waals surface area contributed by atoms with E-state index in [9.17, 15) is 0 Å². The van der Waals surface area contributed by atoms with Crippen molar-refractivity contribution in [2.45, 2.75) is 30.1 Å². The van der Waals surface area contributed by atoms with Crippen LogP contribution >= 0.6 is 11.8 Å². The Bertz CT molecular complexity index is 1270. The molecule has 2 aliphatic rings. The standard InChI is InChI=1S/C26H23N5OS/c1-3-9-19(10-4-1)15-30-16-21(28-29-30)17-32-18-23-25(20-11-5-2-6-12-20)27-26-31(23)22-13-7-8-14-24(22)33-26/h1-14,16,23,25H,15,17-18H2/t23-,25-/m1/s1. The van der Waals surface area contributed by atoms with Crippen LogP contribution in [0.1, 0.15) is 22.9 Å². The Morgan fingerprint density at radius 1 is 0.879 bits per heavy atom. The van der Waals surface area contributed by atoms with Crippen molar-refractivity contribution < 1.29 is 4.74 Å². The minimum Gasteiger partial charge on any atom is -0.373 e. The van der Waals surface area contributed by atoms with Gasteiger partial charge in [-0.15, -0.1) is 5.10 Å². The summed E-state index contributed by atoms with van der Waals surface area (Å²) in [6.45, 7) is 1.67. The monoisotopic (exact) mass is 453 g/mol. The van der Waals surface area contributed by atoms with Gasteiger partial charge in [0.1, 0.15) is 11.7 Å². The summed E-state index contributed by atoms with van der Waals surface area (Å²) in [7, 11) is 0. The maximum absolute atomic E-state index is 6.20. The van der Waals surface area contributed by atoms with Crippen LogP contribution in [0.5, 0.6) is 0 Å². The lowest BCUT2D eigenvalue weighted by Crippen LogP contribution is -2.38. The summed E-state index contributed by atoms with van der Waals surface area (Å²) in [6.07, 6.45) is 1.96. The quantitative estimate of drug-likeness (QED) is 0.397. The molecule has 6 nitrogen and oxygen atoms in total. The van der Waals surface area contributed by atoms with E-state index in [1.165, 1.54) is 21.7 Å². The van der Waals surface area contributed by atoms with Crippen LogP contribution < -0.4 is 4.90 Å². The highest BCUT2D eigenvalue weighted by Crippen LogP contribution is 2.48. The summed E-state index contributed by atoms with van der Waals surface area (Å²) in [6, 6.07) is 29.4. The first-order chi connectivity index (χ1) is 16.3. The van der Waals surface area contributed by atoms with Gasteiger partial charge in [0, 0.05) is 4.90 Å². The zero-order valence-electron chi connectivity index (χ0n) is 18.0. The lowest BCUT2D eigenvalue weighted by molar-refractivity contribution is 0.102. The van der Waals surface area contributed by atoms with Gasteiger partial charge in [0.25, 0.3) is 0 Å². The van der Waals surface area contributed by atoms with Crippen LogP contribution in [-0.2, 0) is 17.9 Å². The number of amidine groups is 1. The molecule has 0 radical (unpaired) electrons. The Morgan fingerprint density at radius 2 is 1.64 bits per heavy atom. The molecule has 3 heterocycles. The summed E-state index contributed by atoms with van der Waals surface area (Å²) in [5.74, 6) is 0. The maximum atomic E-state index is 6.20. The lowest BCUT2D eigenvalue weighted by atomic mass is 10.00. The molecule has 0 saturated carbocycles. The number of hydrogen-bond donors (Lipinski definition) is 0. The molecule has 0 saturated heterocycles. The zero-order valence-corrected chi connectivity index (χ0v) is 18.8. The van der Waals surface area contributed by atoms with Gasteiger partial charge in [-0.25, -0.2) is 4.68 Å². The molecule has 0 fully saturated rings. The van der Waals surface area contributed by atoms with Gasteiger partial charge in [-0.1, -0.05) is 78.0 Å². The van der Waals surface area contributed by atoms with Crippen LogP contribution in [0.4, 0.5) is 5.69 Å². The van der Waals surface area contributed by atoms with E-state index >= 15 is 0 Å². The number of aromatic nitrogens is 3. The molecule has 0 N–H and O–H groups in total. The average molecular weight is 454 g/mol. The van der Waals surface area contributed by atoms with Crippen LogP contribution in [0.25, 0.3) is 0 Å². The molecule has 0 amide bonds. The predicted molar refractivity (Wildman–Crippen MR) is 130 cm³/mol. The summed E-state index contributed by atoms with van der Waals surface area (Å²) in [4.78, 5) is 8.67. The van der Waals surface area contributed by atoms with Gasteiger partial charge in [-0.05, 0) is 35.0 Å². The fraction of sp³-hybridized carbons (Fsp3) is 0.192. The van der Waals surface area contributed by atoms with Gasteiger partial charge in [-0.3, -0.25) is 4.99 Å². The SMILES string of the molecule is c1ccc(Cn2cc(COC[C@@H]3[C@@H](c4ccccc4)N=C4Sc5ccccc5N43)nn2)cc1. The molecule has 0 unspecified atom stereocenters. The second-order valence-corrected chi connectivity index (χ2v) is 9.19. The van der Waals surface area contributed by atoms with E-state index in [1.54, 1.807) is 11.8 Å². The first-order valence-corrected chi connectivity index (χ1v) is 11.9. The Kier molecular flexibility index (Phi) is 5.41. The fourth-order valence-electron chi connectivity index (χ4n) is 4.40. The molecule has 33 heavy (non-hydrogen) atoms. The van der Waals surface area contributed by atoms with Crippen LogP contribution in [0.3, 0.4) is 0 Å². The third-order valence-corrected chi connectivity index (χ3v) is 6.98. The van der Waals surface area contributed by atoms with Crippen LogP contribution in [0.2, 0.25) is 0 Å². The van der Waals surface area contributed by atoms with E-state index in [4.69, 9.17) is 9.73 Å². The zero-order chi connectivity index (χ0) is 22.0. The number of rotatable bonds is 7. The van der Waals surface area contributed by atoms with Crippen molar-refractivity contribution >= 4 is 22.6 Å². The average Bonchev–Trinajstić information content (AvgIpc) is 3.55. The Balaban J connectivity index is 1.17. The molecular formula is C26H23N5OS. The molecule has 3 aromatic carbocycles. The van der Waals surface area contributed by atoms with E-state index in [0.717, 1.165) is 10.9 Å². The molecule has 2 atom stereocenters. The summed E-state index contributed by atoms with van der Waals surface area (Å²) in [5, 5.41) is 9.60. The van der Waals surface area contributed by atoms with Crippen molar-refractivity contribution in [2.24, 2.45) is 4.99 Å². The van der Waals surface area contributed by atoms with Crippen LogP contribution in [0.15, 0.2) is 101 Å². The summed E-state index contributed by atoms with van der Waals surface area (Å²) >= 11 is 1.74. The highest BCUT2D eigenvalue weighted by atomic mass is 32.2. The van der Waals surface area contributed by atoms with Crippen molar-refractivity contribution in [1.82, 2.24) is 15.0 Å². The van der Waals surface area contributed by atoms with Crippen molar-refractivity contribution in [3.8, 4) is 0 Å². The molecular weight excluding hydrogens is 430 g/mol. The van der Waals surface area contributed by atoms with Crippen LogP contribution in [-0.4, -0.2) is 32.8 Å². The lowest BCUT2D eigenvalue weighted by Gasteiger charge is -2.27. The second-order valence-electron chi connectivity index (χ2n) is 8.18. The van der Waals surface area contributed by atoms with Crippen molar-refractivity contribution in [2.75, 3.05) is 11.5 Å². The van der Waals surface area contributed by atoms with Crippen molar-refractivity contribution in [3.63, 3.8) is 0 Å². The number of anilines is 1. The Morgan fingerprint density at radius 3 is 2.48 bits per heavy atom. The van der Waals surface area contributed by atoms with Gasteiger partial charge in [0.2, 0.25) is 0 Å². The fourth-order valence-corrected chi connectivity index (χ4v) is 5.51. The number of aliphatic imine (C=N–C) groups is 1. The maximum Gasteiger partial charge on any atom is 0.169 e. The highest BCUT2D eigenvalue weighted by molar-refractivity contribution is 8.14. The predicted octanol–water partition coefficient (Wildman–Crippen LogP) is 4.93. The van der Waals surface area contributed by atoms with Gasteiger partial charge < -0.3 is 9.64 Å². The summed E-state index contributed by atoms with van der Waals surface area (Å²) in [5.41, 5.74) is 4.45. The van der Waals surface area contributed by atoms with Gasteiger partial charge in [0.05, 0.1) is 37.7 Å². The van der Waals surface area contributed by atoms with E-state index in [1.807, 2.05) is 35.1 Å². The second kappa shape index (κ2) is 8.84. The highest BCUT2D eigenvalue weighted by Gasteiger charge is 2.42. The van der Waals surface area contributed by atoms with Crippen molar-refractivity contribution in [1.29, 1.82) is 0 Å². The molecule has 6 rings (SSSR count). The minimum absolute atomic E-state index is 0.0378. The molecule has 0 bridgehead atoms. The number of thioether (sulfide) groups is 1. The summed E-state index contributed by atoms with van der Waals surface area (Å²) < 4.78 is 8.05. The number of ether oxygens (including phenoxy) is 1. The first-order valence-electron chi connectivity index (χ1n) is 11.0. The Hall–Kier alpha value is -3.42. The van der Waals surface area contributed by atoms with Crippen LogP contribution in [0, 0.1) is 0 Å². The van der Waals surface area contributed by atoms with Gasteiger partial charge >= 0.3 is 0 Å². The number of para-hydroxylation sites is 1. The first kappa shape index (κ1) is 20.2. The molecule has 2 aliphatic heterocycles.